The standard InChI is InChI=1S/C19H15N5O4S3/c1-31(27,28)12-7-8-13-15(9-12)30-19(21-13)23-16(25)14-10-29-18(22-14)24-17(26)20-11-5-3-2-4-6-11/h2-10H,1H3,(H,21,23,25)(H2,20,22,24,26). The van der Waals surface area contributed by atoms with Gasteiger partial charge < -0.3 is 5.32 Å². The number of urea groups is 1. The van der Waals surface area contributed by atoms with Crippen LogP contribution in [0.3, 0.4) is 0 Å². The number of nitrogens with one attached hydrogen (secondary N) is 3. The number of aromatic nitrogens is 2. The fourth-order valence-corrected chi connectivity index (χ4v) is 4.87. The van der Waals surface area contributed by atoms with Gasteiger partial charge in [-0.05, 0) is 30.3 Å². The van der Waals surface area contributed by atoms with Gasteiger partial charge in [-0.15, -0.1) is 11.3 Å². The second-order valence-corrected chi connectivity index (χ2v) is 10.3. The van der Waals surface area contributed by atoms with Crippen molar-refractivity contribution in [2.24, 2.45) is 0 Å². The Morgan fingerprint density at radius 2 is 1.71 bits per heavy atom. The summed E-state index contributed by atoms with van der Waals surface area (Å²) in [6.07, 6.45) is 1.13. The van der Waals surface area contributed by atoms with Crippen LogP contribution in [0.15, 0.2) is 58.8 Å². The normalized spacial score (nSPS) is 11.3. The molecule has 0 unspecified atom stereocenters. The molecule has 0 atom stereocenters. The van der Waals surface area contributed by atoms with Crippen molar-refractivity contribution < 1.29 is 18.0 Å². The van der Waals surface area contributed by atoms with Gasteiger partial charge in [-0.25, -0.2) is 23.2 Å². The van der Waals surface area contributed by atoms with Crippen LogP contribution in [0.1, 0.15) is 10.5 Å². The SMILES string of the molecule is CS(=O)(=O)c1ccc2nc(NC(=O)c3csc(NC(=O)Nc4ccccc4)n3)sc2c1. The molecule has 0 fully saturated rings. The maximum Gasteiger partial charge on any atom is 0.325 e. The first kappa shape index (κ1) is 20.9. The first-order valence-corrected chi connectivity index (χ1v) is 12.4. The number of hydrogen-bond donors (Lipinski definition) is 3. The molecule has 4 rings (SSSR count). The predicted octanol–water partition coefficient (Wildman–Crippen LogP) is 4.05. The summed E-state index contributed by atoms with van der Waals surface area (Å²) in [5.74, 6) is -0.491. The van der Waals surface area contributed by atoms with E-state index in [1.54, 1.807) is 30.3 Å². The lowest BCUT2D eigenvalue weighted by Crippen LogP contribution is -2.19. The molecule has 0 saturated heterocycles. The van der Waals surface area contributed by atoms with Crippen molar-refractivity contribution in [3.63, 3.8) is 0 Å². The molecular weight excluding hydrogens is 458 g/mol. The van der Waals surface area contributed by atoms with E-state index < -0.39 is 21.8 Å². The maximum atomic E-state index is 12.5. The number of amides is 3. The summed E-state index contributed by atoms with van der Waals surface area (Å²) in [6, 6.07) is 13.0. The van der Waals surface area contributed by atoms with E-state index in [9.17, 15) is 18.0 Å². The molecule has 31 heavy (non-hydrogen) atoms. The van der Waals surface area contributed by atoms with E-state index in [0.29, 0.717) is 21.0 Å². The van der Waals surface area contributed by atoms with Crippen molar-refractivity contribution in [2.45, 2.75) is 4.90 Å². The van der Waals surface area contributed by atoms with Gasteiger partial charge in [0.2, 0.25) is 0 Å². The summed E-state index contributed by atoms with van der Waals surface area (Å²) in [4.78, 5) is 33.1. The lowest BCUT2D eigenvalue weighted by atomic mass is 10.3. The average molecular weight is 474 g/mol. The number of rotatable bonds is 5. The van der Waals surface area contributed by atoms with Crippen LogP contribution in [0, 0.1) is 0 Å². The molecule has 2 heterocycles. The van der Waals surface area contributed by atoms with Gasteiger partial charge in [0.15, 0.2) is 20.1 Å². The van der Waals surface area contributed by atoms with Crippen LogP contribution in [0.4, 0.5) is 20.7 Å². The number of nitrogens with zero attached hydrogens (tertiary/aromatic N) is 2. The molecule has 0 aliphatic carbocycles. The fraction of sp³-hybridized carbons (Fsp3) is 0.0526. The van der Waals surface area contributed by atoms with Crippen molar-refractivity contribution in [2.75, 3.05) is 22.2 Å². The van der Waals surface area contributed by atoms with Crippen LogP contribution < -0.4 is 16.0 Å². The highest BCUT2D eigenvalue weighted by Crippen LogP contribution is 2.28. The van der Waals surface area contributed by atoms with Crippen molar-refractivity contribution in [1.29, 1.82) is 0 Å². The van der Waals surface area contributed by atoms with Gasteiger partial charge >= 0.3 is 6.03 Å². The molecule has 2 aromatic carbocycles. The number of thiazole rings is 2. The molecule has 0 saturated carbocycles. The molecule has 3 N–H and O–H groups in total. The van der Waals surface area contributed by atoms with Gasteiger partial charge in [0.25, 0.3) is 5.91 Å². The minimum Gasteiger partial charge on any atom is -0.308 e. The summed E-state index contributed by atoms with van der Waals surface area (Å²) in [6.45, 7) is 0. The van der Waals surface area contributed by atoms with Gasteiger partial charge in [0.1, 0.15) is 5.69 Å². The molecule has 9 nitrogen and oxygen atoms in total. The Balaban J connectivity index is 1.42. The maximum absolute atomic E-state index is 12.5. The number of benzene rings is 2. The highest BCUT2D eigenvalue weighted by Gasteiger charge is 2.16. The van der Waals surface area contributed by atoms with Gasteiger partial charge in [-0.3, -0.25) is 15.4 Å². The van der Waals surface area contributed by atoms with E-state index in [2.05, 4.69) is 25.9 Å². The molecule has 0 aliphatic rings. The number of para-hydroxylation sites is 1. The quantitative estimate of drug-likeness (QED) is 0.401. The highest BCUT2D eigenvalue weighted by molar-refractivity contribution is 7.90. The summed E-state index contributed by atoms with van der Waals surface area (Å²) < 4.78 is 24.0. The largest absolute Gasteiger partial charge is 0.325 e. The summed E-state index contributed by atoms with van der Waals surface area (Å²) in [5, 5.41) is 9.99. The molecule has 0 bridgehead atoms. The smallest absolute Gasteiger partial charge is 0.308 e. The Morgan fingerprint density at radius 3 is 2.45 bits per heavy atom. The predicted molar refractivity (Wildman–Crippen MR) is 122 cm³/mol. The number of fused-ring (bicyclic) bond motifs is 1. The Hall–Kier alpha value is -3.35. The first-order valence-electron chi connectivity index (χ1n) is 8.78. The lowest BCUT2D eigenvalue weighted by Gasteiger charge is -2.04. The highest BCUT2D eigenvalue weighted by atomic mass is 32.2. The van der Waals surface area contributed by atoms with Crippen molar-refractivity contribution >= 4 is 70.6 Å². The summed E-state index contributed by atoms with van der Waals surface area (Å²) in [7, 11) is -3.34. The van der Waals surface area contributed by atoms with Gasteiger partial charge in [0.05, 0.1) is 15.1 Å². The Morgan fingerprint density at radius 1 is 0.935 bits per heavy atom. The van der Waals surface area contributed by atoms with E-state index in [1.165, 1.54) is 17.5 Å². The van der Waals surface area contributed by atoms with E-state index in [4.69, 9.17) is 0 Å². The number of hydrogen-bond acceptors (Lipinski definition) is 8. The third kappa shape index (κ3) is 5.05. The van der Waals surface area contributed by atoms with E-state index >= 15 is 0 Å². The van der Waals surface area contributed by atoms with Crippen LogP contribution in [-0.4, -0.2) is 36.6 Å². The van der Waals surface area contributed by atoms with Crippen LogP contribution in [0.2, 0.25) is 0 Å². The monoisotopic (exact) mass is 473 g/mol. The molecule has 0 radical (unpaired) electrons. The van der Waals surface area contributed by atoms with Crippen LogP contribution in [-0.2, 0) is 9.84 Å². The molecule has 0 spiro atoms. The topological polar surface area (TPSA) is 130 Å². The van der Waals surface area contributed by atoms with Crippen molar-refractivity contribution in [3.05, 3.63) is 59.6 Å². The fourth-order valence-electron chi connectivity index (χ4n) is 2.57. The minimum absolute atomic E-state index is 0.121. The van der Waals surface area contributed by atoms with Crippen LogP contribution >= 0.6 is 22.7 Å². The Labute approximate surface area is 185 Å². The molecule has 12 heteroatoms. The molecule has 2 aromatic heterocycles. The van der Waals surface area contributed by atoms with Crippen molar-refractivity contribution in [1.82, 2.24) is 9.97 Å². The molecule has 4 aromatic rings. The molecule has 3 amide bonds. The second-order valence-electron chi connectivity index (χ2n) is 6.36. The van der Waals surface area contributed by atoms with Gasteiger partial charge in [0, 0.05) is 17.3 Å². The number of carbonyl (C=O) groups is 2. The molecular formula is C19H15N5O4S3. The zero-order chi connectivity index (χ0) is 22.0. The van der Waals surface area contributed by atoms with E-state index in [1.807, 2.05) is 6.07 Å². The van der Waals surface area contributed by atoms with E-state index in [-0.39, 0.29) is 15.7 Å². The van der Waals surface area contributed by atoms with Gasteiger partial charge in [-0.2, -0.15) is 0 Å². The number of carbonyl (C=O) groups excluding carboxylic acids is 2. The Kier molecular flexibility index (Phi) is 5.67. The second kappa shape index (κ2) is 8.41. The van der Waals surface area contributed by atoms with Gasteiger partial charge in [-0.1, -0.05) is 29.5 Å². The van der Waals surface area contributed by atoms with Crippen LogP contribution in [0.5, 0.6) is 0 Å². The summed E-state index contributed by atoms with van der Waals surface area (Å²) >= 11 is 2.27. The zero-order valence-corrected chi connectivity index (χ0v) is 18.4. The van der Waals surface area contributed by atoms with Crippen LogP contribution in [0.25, 0.3) is 10.2 Å². The van der Waals surface area contributed by atoms with Crippen molar-refractivity contribution in [3.8, 4) is 0 Å². The first-order chi connectivity index (χ1) is 14.8. The Bertz CT molecular complexity index is 1380. The summed E-state index contributed by atoms with van der Waals surface area (Å²) in [5.41, 5.74) is 1.33. The lowest BCUT2D eigenvalue weighted by molar-refractivity contribution is 0.102. The molecule has 0 aliphatic heterocycles. The minimum atomic E-state index is -3.34. The van der Waals surface area contributed by atoms with E-state index in [0.717, 1.165) is 28.9 Å². The third-order valence-electron chi connectivity index (χ3n) is 4.00. The number of anilines is 3. The average Bonchev–Trinajstić information content (AvgIpc) is 3.33. The zero-order valence-electron chi connectivity index (χ0n) is 15.9. The molecule has 158 valence electrons. The number of sulfone groups is 1. The third-order valence-corrected chi connectivity index (χ3v) is 6.80.